The van der Waals surface area contributed by atoms with E-state index in [0.717, 1.165) is 15.8 Å². The van der Waals surface area contributed by atoms with Gasteiger partial charge in [-0.05, 0) is 31.0 Å². The molecule has 2 nitrogen and oxygen atoms in total. The van der Waals surface area contributed by atoms with Gasteiger partial charge in [0.25, 0.3) is 0 Å². The summed E-state index contributed by atoms with van der Waals surface area (Å²) in [7, 11) is 0. The Labute approximate surface area is 86.2 Å². The highest BCUT2D eigenvalue weighted by Gasteiger charge is 2.24. The summed E-state index contributed by atoms with van der Waals surface area (Å²) in [6.45, 7) is 0.529. The van der Waals surface area contributed by atoms with Crippen LogP contribution in [0.3, 0.4) is 0 Å². The largest absolute Gasteiger partial charge is 0.490 e. The Hall–Kier alpha value is -0.540. The topological polar surface area (TPSA) is 35.2 Å². The van der Waals surface area contributed by atoms with Gasteiger partial charge in [-0.1, -0.05) is 15.9 Å². The molecule has 1 saturated carbocycles. The van der Waals surface area contributed by atoms with E-state index in [1.165, 1.54) is 12.8 Å². The minimum absolute atomic E-state index is 0.437. The van der Waals surface area contributed by atoms with E-state index < -0.39 is 0 Å². The number of benzene rings is 1. The van der Waals surface area contributed by atoms with Crippen LogP contribution in [0, 0.1) is 0 Å². The van der Waals surface area contributed by atoms with E-state index in [4.69, 9.17) is 10.5 Å². The molecule has 1 aliphatic rings. The molecule has 13 heavy (non-hydrogen) atoms. The van der Waals surface area contributed by atoms with E-state index in [-0.39, 0.29) is 0 Å². The number of hydrogen-bond donors (Lipinski definition) is 1. The van der Waals surface area contributed by atoms with Crippen molar-refractivity contribution in [2.45, 2.75) is 25.5 Å². The molecular weight excluding hydrogens is 230 g/mol. The fourth-order valence-electron chi connectivity index (χ4n) is 1.19. The molecule has 0 atom stereocenters. The molecule has 0 saturated heterocycles. The Bertz CT molecular complexity index is 310. The Morgan fingerprint density at radius 3 is 2.85 bits per heavy atom. The first kappa shape index (κ1) is 9.03. The Morgan fingerprint density at radius 2 is 2.23 bits per heavy atom. The first-order valence-electron chi connectivity index (χ1n) is 4.45. The summed E-state index contributed by atoms with van der Waals surface area (Å²) >= 11 is 3.41. The van der Waals surface area contributed by atoms with Gasteiger partial charge in [0, 0.05) is 16.6 Å². The van der Waals surface area contributed by atoms with Crippen LogP contribution in [0.2, 0.25) is 0 Å². The summed E-state index contributed by atoms with van der Waals surface area (Å²) in [5.74, 6) is 0.938. The number of hydrogen-bond acceptors (Lipinski definition) is 2. The predicted molar refractivity (Wildman–Crippen MR) is 55.7 cm³/mol. The van der Waals surface area contributed by atoms with Crippen LogP contribution in [-0.2, 0) is 6.54 Å². The molecule has 0 unspecified atom stereocenters. The standard InChI is InChI=1S/C10H12BrNO/c11-8-1-4-10(7(5-8)6-12)13-9-2-3-9/h1,4-5,9H,2-3,6,12H2. The minimum atomic E-state index is 0.437. The van der Waals surface area contributed by atoms with Gasteiger partial charge < -0.3 is 10.5 Å². The Morgan fingerprint density at radius 1 is 1.46 bits per heavy atom. The monoisotopic (exact) mass is 241 g/mol. The molecule has 3 heteroatoms. The van der Waals surface area contributed by atoms with Crippen LogP contribution in [0.15, 0.2) is 22.7 Å². The molecule has 0 radical (unpaired) electrons. The lowest BCUT2D eigenvalue weighted by atomic mass is 10.2. The Kier molecular flexibility index (Phi) is 2.56. The molecule has 1 aromatic carbocycles. The van der Waals surface area contributed by atoms with Gasteiger partial charge in [0.1, 0.15) is 5.75 Å². The highest BCUT2D eigenvalue weighted by Crippen LogP contribution is 2.30. The van der Waals surface area contributed by atoms with Crippen molar-refractivity contribution in [1.82, 2.24) is 0 Å². The first-order chi connectivity index (χ1) is 6.29. The third kappa shape index (κ3) is 2.23. The van der Waals surface area contributed by atoms with Crippen LogP contribution in [0.25, 0.3) is 0 Å². The molecule has 0 spiro atoms. The lowest BCUT2D eigenvalue weighted by Crippen LogP contribution is -2.03. The number of nitrogens with two attached hydrogens (primary N) is 1. The zero-order valence-electron chi connectivity index (χ0n) is 7.29. The lowest BCUT2D eigenvalue weighted by Gasteiger charge is -2.09. The molecule has 1 aliphatic carbocycles. The van der Waals surface area contributed by atoms with E-state index in [2.05, 4.69) is 15.9 Å². The summed E-state index contributed by atoms with van der Waals surface area (Å²) in [5, 5.41) is 0. The van der Waals surface area contributed by atoms with Crippen molar-refractivity contribution in [3.8, 4) is 5.75 Å². The number of halogens is 1. The molecular formula is C10H12BrNO. The maximum Gasteiger partial charge on any atom is 0.124 e. The van der Waals surface area contributed by atoms with Crippen molar-refractivity contribution in [2.24, 2.45) is 5.73 Å². The zero-order valence-corrected chi connectivity index (χ0v) is 8.88. The summed E-state index contributed by atoms with van der Waals surface area (Å²) in [6.07, 6.45) is 2.80. The third-order valence-corrected chi connectivity index (χ3v) is 2.55. The van der Waals surface area contributed by atoms with Gasteiger partial charge in [0.05, 0.1) is 6.10 Å². The predicted octanol–water partition coefficient (Wildman–Crippen LogP) is 2.45. The van der Waals surface area contributed by atoms with E-state index >= 15 is 0 Å². The minimum Gasteiger partial charge on any atom is -0.490 e. The summed E-state index contributed by atoms with van der Waals surface area (Å²) in [4.78, 5) is 0. The van der Waals surface area contributed by atoms with Gasteiger partial charge in [-0.2, -0.15) is 0 Å². The highest BCUT2D eigenvalue weighted by atomic mass is 79.9. The fourth-order valence-corrected chi connectivity index (χ4v) is 1.60. The maximum atomic E-state index is 5.70. The van der Waals surface area contributed by atoms with E-state index in [9.17, 15) is 0 Å². The summed E-state index contributed by atoms with van der Waals surface area (Å²) in [5.41, 5.74) is 6.69. The van der Waals surface area contributed by atoms with Crippen LogP contribution >= 0.6 is 15.9 Å². The fraction of sp³-hybridized carbons (Fsp3) is 0.400. The van der Waals surface area contributed by atoms with Crippen molar-refractivity contribution >= 4 is 15.9 Å². The molecule has 70 valence electrons. The smallest absolute Gasteiger partial charge is 0.124 e. The molecule has 1 fully saturated rings. The van der Waals surface area contributed by atoms with Crippen LogP contribution in [-0.4, -0.2) is 6.10 Å². The van der Waals surface area contributed by atoms with Gasteiger partial charge in [0.2, 0.25) is 0 Å². The van der Waals surface area contributed by atoms with Crippen molar-refractivity contribution < 1.29 is 4.74 Å². The van der Waals surface area contributed by atoms with E-state index in [1.54, 1.807) is 0 Å². The molecule has 2 N–H and O–H groups in total. The third-order valence-electron chi connectivity index (χ3n) is 2.06. The lowest BCUT2D eigenvalue weighted by molar-refractivity contribution is 0.300. The first-order valence-corrected chi connectivity index (χ1v) is 5.24. The summed E-state index contributed by atoms with van der Waals surface area (Å²) < 4.78 is 6.75. The van der Waals surface area contributed by atoms with Crippen LogP contribution in [0.5, 0.6) is 5.75 Å². The average molecular weight is 242 g/mol. The maximum absolute atomic E-state index is 5.70. The van der Waals surface area contributed by atoms with Gasteiger partial charge in [-0.25, -0.2) is 0 Å². The average Bonchev–Trinajstić information content (AvgIpc) is 2.92. The zero-order chi connectivity index (χ0) is 9.26. The van der Waals surface area contributed by atoms with Crippen LogP contribution in [0.1, 0.15) is 18.4 Å². The van der Waals surface area contributed by atoms with Gasteiger partial charge in [0.15, 0.2) is 0 Å². The van der Waals surface area contributed by atoms with E-state index in [0.29, 0.717) is 12.6 Å². The van der Waals surface area contributed by atoms with E-state index in [1.807, 2.05) is 18.2 Å². The van der Waals surface area contributed by atoms with Crippen molar-refractivity contribution in [3.05, 3.63) is 28.2 Å². The molecule has 0 bridgehead atoms. The second kappa shape index (κ2) is 3.68. The normalized spacial score (nSPS) is 15.8. The second-order valence-corrected chi connectivity index (χ2v) is 4.19. The van der Waals surface area contributed by atoms with Crippen LogP contribution in [0.4, 0.5) is 0 Å². The molecule has 1 aromatic rings. The van der Waals surface area contributed by atoms with Crippen LogP contribution < -0.4 is 10.5 Å². The quantitative estimate of drug-likeness (QED) is 0.883. The highest BCUT2D eigenvalue weighted by molar-refractivity contribution is 9.10. The molecule has 0 aromatic heterocycles. The molecule has 2 rings (SSSR count). The SMILES string of the molecule is NCc1cc(Br)ccc1OC1CC1. The second-order valence-electron chi connectivity index (χ2n) is 3.27. The molecule has 0 aliphatic heterocycles. The van der Waals surface area contributed by atoms with Crippen molar-refractivity contribution in [3.63, 3.8) is 0 Å². The van der Waals surface area contributed by atoms with Gasteiger partial charge >= 0.3 is 0 Å². The molecule has 0 heterocycles. The van der Waals surface area contributed by atoms with Crippen molar-refractivity contribution in [1.29, 1.82) is 0 Å². The number of rotatable bonds is 3. The van der Waals surface area contributed by atoms with Gasteiger partial charge in [-0.15, -0.1) is 0 Å². The Balaban J connectivity index is 2.21. The molecule has 0 amide bonds. The van der Waals surface area contributed by atoms with Crippen molar-refractivity contribution in [2.75, 3.05) is 0 Å². The van der Waals surface area contributed by atoms with Gasteiger partial charge in [-0.3, -0.25) is 0 Å². The summed E-state index contributed by atoms with van der Waals surface area (Å²) in [6, 6.07) is 5.97. The number of ether oxygens (including phenoxy) is 1.